The zero-order chi connectivity index (χ0) is 19.1. The zero-order valence-electron chi connectivity index (χ0n) is 13.8. The molecule has 8 heteroatoms. The SMILES string of the molecule is COCCNC(=O)/C(C#N)=C/c1ccc(-c2ccc(Cl)c(C(=O)O)c2)o1. The molecule has 26 heavy (non-hydrogen) atoms. The minimum absolute atomic E-state index is 0.0482. The van der Waals surface area contributed by atoms with E-state index in [0.29, 0.717) is 17.9 Å². The monoisotopic (exact) mass is 374 g/mol. The second-order valence-electron chi connectivity index (χ2n) is 5.12. The van der Waals surface area contributed by atoms with Crippen molar-refractivity contribution >= 4 is 29.6 Å². The van der Waals surface area contributed by atoms with Crippen LogP contribution in [0.5, 0.6) is 0 Å². The third-order valence-corrected chi connectivity index (χ3v) is 3.68. The van der Waals surface area contributed by atoms with Crippen LogP contribution in [-0.4, -0.2) is 37.2 Å². The van der Waals surface area contributed by atoms with E-state index in [1.165, 1.54) is 25.3 Å². The first-order chi connectivity index (χ1) is 12.5. The molecule has 1 aromatic carbocycles. The molecule has 1 heterocycles. The van der Waals surface area contributed by atoms with Gasteiger partial charge in [-0.2, -0.15) is 5.26 Å². The van der Waals surface area contributed by atoms with Gasteiger partial charge in [-0.25, -0.2) is 4.79 Å². The van der Waals surface area contributed by atoms with Gasteiger partial charge in [-0.15, -0.1) is 0 Å². The maximum Gasteiger partial charge on any atom is 0.337 e. The van der Waals surface area contributed by atoms with Gasteiger partial charge >= 0.3 is 5.97 Å². The van der Waals surface area contributed by atoms with Crippen LogP contribution in [0.4, 0.5) is 0 Å². The maximum absolute atomic E-state index is 11.9. The van der Waals surface area contributed by atoms with Crippen LogP contribution in [0.3, 0.4) is 0 Å². The smallest absolute Gasteiger partial charge is 0.337 e. The van der Waals surface area contributed by atoms with E-state index in [0.717, 1.165) is 0 Å². The summed E-state index contributed by atoms with van der Waals surface area (Å²) in [7, 11) is 1.50. The number of hydrogen-bond donors (Lipinski definition) is 2. The van der Waals surface area contributed by atoms with Gasteiger partial charge in [0.2, 0.25) is 0 Å². The van der Waals surface area contributed by atoms with Crippen molar-refractivity contribution in [3.8, 4) is 17.4 Å². The largest absolute Gasteiger partial charge is 0.478 e. The lowest BCUT2D eigenvalue weighted by Gasteiger charge is -2.03. The molecular formula is C18H15ClN2O5. The summed E-state index contributed by atoms with van der Waals surface area (Å²) in [5, 5.41) is 20.9. The fourth-order valence-electron chi connectivity index (χ4n) is 2.08. The first-order valence-electron chi connectivity index (χ1n) is 7.48. The molecule has 2 N–H and O–H groups in total. The second-order valence-corrected chi connectivity index (χ2v) is 5.53. The minimum Gasteiger partial charge on any atom is -0.478 e. The number of benzene rings is 1. The normalized spacial score (nSPS) is 11.0. The van der Waals surface area contributed by atoms with Gasteiger partial charge in [0, 0.05) is 25.3 Å². The number of amides is 1. The Labute approximate surface area is 154 Å². The Morgan fingerprint density at radius 3 is 2.81 bits per heavy atom. The van der Waals surface area contributed by atoms with Crippen LogP contribution in [-0.2, 0) is 9.53 Å². The molecule has 0 radical (unpaired) electrons. The molecule has 1 aromatic heterocycles. The number of furan rings is 1. The molecule has 0 atom stereocenters. The highest BCUT2D eigenvalue weighted by Gasteiger charge is 2.13. The fourth-order valence-corrected chi connectivity index (χ4v) is 2.28. The molecule has 0 bridgehead atoms. The number of hydrogen-bond acceptors (Lipinski definition) is 5. The number of carboxylic acid groups (broad SMARTS) is 1. The summed E-state index contributed by atoms with van der Waals surface area (Å²) in [5.41, 5.74) is 0.340. The summed E-state index contributed by atoms with van der Waals surface area (Å²) in [6.45, 7) is 0.609. The second kappa shape index (κ2) is 8.85. The number of nitriles is 1. The summed E-state index contributed by atoms with van der Waals surface area (Å²) in [4.78, 5) is 23.1. The van der Waals surface area contributed by atoms with Gasteiger partial charge in [0.25, 0.3) is 5.91 Å². The molecule has 0 saturated carbocycles. The summed E-state index contributed by atoms with van der Waals surface area (Å²) < 4.78 is 10.4. The van der Waals surface area contributed by atoms with Crippen LogP contribution >= 0.6 is 11.6 Å². The fraction of sp³-hybridized carbons (Fsp3) is 0.167. The van der Waals surface area contributed by atoms with Crippen molar-refractivity contribution in [2.24, 2.45) is 0 Å². The first-order valence-corrected chi connectivity index (χ1v) is 7.86. The molecule has 2 aromatic rings. The molecule has 0 aliphatic carbocycles. The van der Waals surface area contributed by atoms with E-state index in [4.69, 9.17) is 31.1 Å². The van der Waals surface area contributed by atoms with Gasteiger partial charge in [0.05, 0.1) is 17.2 Å². The number of aromatic carboxylic acids is 1. The van der Waals surface area contributed by atoms with E-state index in [2.05, 4.69) is 5.32 Å². The minimum atomic E-state index is -1.15. The van der Waals surface area contributed by atoms with Crippen LogP contribution in [0.1, 0.15) is 16.1 Å². The Morgan fingerprint density at radius 2 is 2.15 bits per heavy atom. The highest BCUT2D eigenvalue weighted by atomic mass is 35.5. The number of halogens is 1. The van der Waals surface area contributed by atoms with E-state index >= 15 is 0 Å². The van der Waals surface area contributed by atoms with Crippen molar-refractivity contribution in [3.63, 3.8) is 0 Å². The molecule has 134 valence electrons. The Bertz CT molecular complexity index is 895. The molecule has 0 aliphatic heterocycles. The lowest BCUT2D eigenvalue weighted by molar-refractivity contribution is -0.117. The highest BCUT2D eigenvalue weighted by Crippen LogP contribution is 2.27. The van der Waals surface area contributed by atoms with Gasteiger partial charge in [-0.05, 0) is 30.3 Å². The van der Waals surface area contributed by atoms with Crippen molar-refractivity contribution in [2.75, 3.05) is 20.3 Å². The molecule has 0 aliphatic rings. The Balaban J connectivity index is 2.24. The highest BCUT2D eigenvalue weighted by molar-refractivity contribution is 6.33. The topological polar surface area (TPSA) is 113 Å². The summed E-state index contributed by atoms with van der Waals surface area (Å²) in [6.07, 6.45) is 1.31. The van der Waals surface area contributed by atoms with E-state index in [1.807, 2.05) is 6.07 Å². The number of nitrogens with zero attached hydrogens (tertiary/aromatic N) is 1. The Hall–Kier alpha value is -3.08. The number of ether oxygens (including phenoxy) is 1. The predicted molar refractivity (Wildman–Crippen MR) is 94.6 cm³/mol. The average molecular weight is 375 g/mol. The molecular weight excluding hydrogens is 360 g/mol. The summed E-state index contributed by atoms with van der Waals surface area (Å²) >= 11 is 5.85. The maximum atomic E-state index is 11.9. The van der Waals surface area contributed by atoms with Crippen molar-refractivity contribution in [3.05, 3.63) is 52.3 Å². The lowest BCUT2D eigenvalue weighted by atomic mass is 10.1. The first kappa shape index (κ1) is 19.2. The lowest BCUT2D eigenvalue weighted by Crippen LogP contribution is -2.27. The quantitative estimate of drug-likeness (QED) is 0.437. The number of methoxy groups -OCH3 is 1. The Morgan fingerprint density at radius 1 is 1.38 bits per heavy atom. The van der Waals surface area contributed by atoms with Gasteiger partial charge in [0.1, 0.15) is 23.2 Å². The van der Waals surface area contributed by atoms with Gasteiger partial charge in [-0.3, -0.25) is 4.79 Å². The number of carbonyl (C=O) groups is 2. The molecule has 7 nitrogen and oxygen atoms in total. The third kappa shape index (κ3) is 4.72. The van der Waals surface area contributed by atoms with Crippen LogP contribution in [0.25, 0.3) is 17.4 Å². The van der Waals surface area contributed by atoms with E-state index in [1.54, 1.807) is 18.2 Å². The Kier molecular flexibility index (Phi) is 6.55. The van der Waals surface area contributed by atoms with Gasteiger partial charge in [-0.1, -0.05) is 11.6 Å². The van der Waals surface area contributed by atoms with Crippen LogP contribution in [0, 0.1) is 11.3 Å². The van der Waals surface area contributed by atoms with Crippen LogP contribution in [0.2, 0.25) is 5.02 Å². The van der Waals surface area contributed by atoms with Gasteiger partial charge in [0.15, 0.2) is 0 Å². The molecule has 0 saturated heterocycles. The van der Waals surface area contributed by atoms with Crippen LogP contribution < -0.4 is 5.32 Å². The van der Waals surface area contributed by atoms with Crippen molar-refractivity contribution in [1.82, 2.24) is 5.32 Å². The average Bonchev–Trinajstić information content (AvgIpc) is 3.08. The summed E-state index contributed by atoms with van der Waals surface area (Å²) in [6, 6.07) is 9.46. The standard InChI is InChI=1S/C18H15ClN2O5/c1-25-7-6-21-17(22)12(10-20)8-13-3-5-16(26-13)11-2-4-15(19)14(9-11)18(23)24/h2-5,8-9H,6-7H2,1H3,(H,21,22)(H,23,24)/b12-8+. The zero-order valence-corrected chi connectivity index (χ0v) is 14.5. The van der Waals surface area contributed by atoms with E-state index < -0.39 is 11.9 Å². The van der Waals surface area contributed by atoms with Crippen molar-refractivity contribution < 1.29 is 23.8 Å². The van der Waals surface area contributed by atoms with Gasteiger partial charge < -0.3 is 19.6 Å². The number of nitrogens with one attached hydrogen (secondary N) is 1. The number of carboxylic acids is 1. The molecule has 0 fully saturated rings. The molecule has 2 rings (SSSR count). The molecule has 0 unspecified atom stereocenters. The van der Waals surface area contributed by atoms with Crippen molar-refractivity contribution in [1.29, 1.82) is 5.26 Å². The number of carbonyl (C=O) groups excluding carboxylic acids is 1. The summed E-state index contributed by atoms with van der Waals surface area (Å²) in [5.74, 6) is -1.03. The predicted octanol–water partition coefficient (Wildman–Crippen LogP) is 2.97. The molecule has 1 amide bonds. The van der Waals surface area contributed by atoms with E-state index in [-0.39, 0.29) is 28.5 Å². The van der Waals surface area contributed by atoms with Crippen molar-refractivity contribution in [2.45, 2.75) is 0 Å². The third-order valence-electron chi connectivity index (χ3n) is 3.35. The van der Waals surface area contributed by atoms with E-state index in [9.17, 15) is 9.59 Å². The van der Waals surface area contributed by atoms with Crippen LogP contribution in [0.15, 0.2) is 40.3 Å². The number of rotatable bonds is 7. The molecule has 0 spiro atoms.